The molecule has 0 aliphatic carbocycles. The number of amides is 1. The van der Waals surface area contributed by atoms with Crippen molar-refractivity contribution in [3.05, 3.63) is 29.8 Å². The number of carbonyl (C=O) groups excluding carboxylic acids is 2. The molecular formula is C13H15NO3. The zero-order valence-electron chi connectivity index (χ0n) is 9.68. The van der Waals surface area contributed by atoms with Gasteiger partial charge in [-0.15, -0.1) is 0 Å². The van der Waals surface area contributed by atoms with Gasteiger partial charge in [-0.2, -0.15) is 0 Å². The number of ether oxygens (including phenoxy) is 1. The highest BCUT2D eigenvalue weighted by molar-refractivity contribution is 5.95. The highest BCUT2D eigenvalue weighted by Crippen LogP contribution is 2.20. The summed E-state index contributed by atoms with van der Waals surface area (Å²) >= 11 is 0. The molecule has 1 saturated heterocycles. The molecular weight excluding hydrogens is 218 g/mol. The normalized spacial score (nSPS) is 23.4. The van der Waals surface area contributed by atoms with Crippen molar-refractivity contribution in [2.24, 2.45) is 0 Å². The van der Waals surface area contributed by atoms with Crippen molar-refractivity contribution in [3.63, 3.8) is 0 Å². The first-order valence-corrected chi connectivity index (χ1v) is 5.70. The van der Waals surface area contributed by atoms with Gasteiger partial charge in [0.1, 0.15) is 12.4 Å². The molecule has 90 valence electrons. The van der Waals surface area contributed by atoms with Crippen molar-refractivity contribution in [1.82, 2.24) is 0 Å². The lowest BCUT2D eigenvalue weighted by Crippen LogP contribution is -2.27. The van der Waals surface area contributed by atoms with Gasteiger partial charge in [0.25, 0.3) is 5.91 Å². The van der Waals surface area contributed by atoms with Crippen molar-refractivity contribution in [2.45, 2.75) is 32.0 Å². The molecule has 1 amide bonds. The second-order valence-electron chi connectivity index (χ2n) is 4.25. The van der Waals surface area contributed by atoms with E-state index >= 15 is 0 Å². The summed E-state index contributed by atoms with van der Waals surface area (Å²) in [6, 6.07) is 6.82. The maximum Gasteiger partial charge on any atom is 0.253 e. The van der Waals surface area contributed by atoms with Crippen LogP contribution in [0.4, 0.5) is 5.69 Å². The molecule has 1 aliphatic rings. The first-order chi connectivity index (χ1) is 8.19. The molecule has 0 aromatic heterocycles. The van der Waals surface area contributed by atoms with Gasteiger partial charge in [-0.3, -0.25) is 9.59 Å². The quantitative estimate of drug-likeness (QED) is 0.812. The van der Waals surface area contributed by atoms with Crippen LogP contribution in [0.2, 0.25) is 0 Å². The van der Waals surface area contributed by atoms with Crippen molar-refractivity contribution in [3.8, 4) is 0 Å². The molecule has 0 saturated carbocycles. The van der Waals surface area contributed by atoms with Gasteiger partial charge in [-0.1, -0.05) is 12.1 Å². The average Bonchev–Trinajstić information content (AvgIpc) is 2.76. The fraction of sp³-hybridized carbons (Fsp3) is 0.385. The predicted molar refractivity (Wildman–Crippen MR) is 64.0 cm³/mol. The molecule has 17 heavy (non-hydrogen) atoms. The molecule has 1 heterocycles. The summed E-state index contributed by atoms with van der Waals surface area (Å²) in [6.45, 7) is 1.96. The summed E-state index contributed by atoms with van der Waals surface area (Å²) in [6.07, 6.45) is 2.19. The van der Waals surface area contributed by atoms with Gasteiger partial charge < -0.3 is 10.1 Å². The van der Waals surface area contributed by atoms with E-state index in [0.717, 1.165) is 19.1 Å². The summed E-state index contributed by atoms with van der Waals surface area (Å²) in [5.74, 6) is -0.141. The molecule has 1 fully saturated rings. The Morgan fingerprint density at radius 2 is 2.29 bits per heavy atom. The SMILES string of the molecule is CC1CCC(C(=O)Nc2cccc(C=O)c2)O1. The second kappa shape index (κ2) is 5.10. The third kappa shape index (κ3) is 2.91. The van der Waals surface area contributed by atoms with Gasteiger partial charge in [0, 0.05) is 11.3 Å². The number of hydrogen-bond acceptors (Lipinski definition) is 3. The Labute approximate surface area is 100.0 Å². The minimum Gasteiger partial charge on any atom is -0.365 e. The first kappa shape index (κ1) is 11.8. The molecule has 0 radical (unpaired) electrons. The number of rotatable bonds is 3. The van der Waals surface area contributed by atoms with Crippen LogP contribution in [0, 0.1) is 0 Å². The Morgan fingerprint density at radius 1 is 1.47 bits per heavy atom. The van der Waals surface area contributed by atoms with Crippen molar-refractivity contribution in [1.29, 1.82) is 0 Å². The molecule has 2 atom stereocenters. The smallest absolute Gasteiger partial charge is 0.253 e. The molecule has 4 nitrogen and oxygen atoms in total. The fourth-order valence-corrected chi connectivity index (χ4v) is 1.91. The lowest BCUT2D eigenvalue weighted by atomic mass is 10.2. The third-order valence-electron chi connectivity index (χ3n) is 2.81. The first-order valence-electron chi connectivity index (χ1n) is 5.70. The van der Waals surface area contributed by atoms with Crippen LogP contribution >= 0.6 is 0 Å². The van der Waals surface area contributed by atoms with Gasteiger partial charge in [0.15, 0.2) is 0 Å². The lowest BCUT2D eigenvalue weighted by Gasteiger charge is -2.11. The van der Waals surface area contributed by atoms with E-state index in [-0.39, 0.29) is 18.1 Å². The molecule has 1 aromatic carbocycles. The third-order valence-corrected chi connectivity index (χ3v) is 2.81. The van der Waals surface area contributed by atoms with E-state index in [1.807, 2.05) is 6.92 Å². The van der Waals surface area contributed by atoms with E-state index in [0.29, 0.717) is 11.3 Å². The standard InChI is InChI=1S/C13H15NO3/c1-9-5-6-12(17-9)13(16)14-11-4-2-3-10(7-11)8-15/h2-4,7-9,12H,5-6H2,1H3,(H,14,16). The highest BCUT2D eigenvalue weighted by Gasteiger charge is 2.28. The van der Waals surface area contributed by atoms with Crippen LogP contribution in [0.1, 0.15) is 30.1 Å². The number of aldehydes is 1. The van der Waals surface area contributed by atoms with Crippen LogP contribution in [-0.2, 0) is 9.53 Å². The van der Waals surface area contributed by atoms with Crippen LogP contribution in [0.5, 0.6) is 0 Å². The number of benzene rings is 1. The van der Waals surface area contributed by atoms with Crippen molar-refractivity contribution >= 4 is 17.9 Å². The minimum absolute atomic E-state index is 0.141. The maximum absolute atomic E-state index is 11.8. The highest BCUT2D eigenvalue weighted by atomic mass is 16.5. The van der Waals surface area contributed by atoms with E-state index in [2.05, 4.69) is 5.32 Å². The topological polar surface area (TPSA) is 55.4 Å². The molecule has 4 heteroatoms. The zero-order chi connectivity index (χ0) is 12.3. The Kier molecular flexibility index (Phi) is 3.54. The van der Waals surface area contributed by atoms with Gasteiger partial charge in [0.2, 0.25) is 0 Å². The summed E-state index contributed by atoms with van der Waals surface area (Å²) in [5, 5.41) is 2.76. The van der Waals surface area contributed by atoms with Crippen LogP contribution in [-0.4, -0.2) is 24.4 Å². The van der Waals surface area contributed by atoms with Crippen LogP contribution in [0.3, 0.4) is 0 Å². The van der Waals surface area contributed by atoms with Gasteiger partial charge >= 0.3 is 0 Å². The Hall–Kier alpha value is -1.68. The van der Waals surface area contributed by atoms with Crippen LogP contribution in [0.15, 0.2) is 24.3 Å². The molecule has 1 aromatic rings. The summed E-state index contributed by atoms with van der Waals surface area (Å²) in [5.41, 5.74) is 1.17. The van der Waals surface area contributed by atoms with Gasteiger partial charge in [-0.05, 0) is 31.9 Å². The Balaban J connectivity index is 2.00. The van der Waals surface area contributed by atoms with E-state index in [1.54, 1.807) is 24.3 Å². The van der Waals surface area contributed by atoms with Crippen LogP contribution < -0.4 is 5.32 Å². The van der Waals surface area contributed by atoms with E-state index in [4.69, 9.17) is 4.74 Å². The number of hydrogen-bond donors (Lipinski definition) is 1. The molecule has 1 aliphatic heterocycles. The molecule has 0 bridgehead atoms. The monoisotopic (exact) mass is 233 g/mol. The van der Waals surface area contributed by atoms with Crippen molar-refractivity contribution < 1.29 is 14.3 Å². The molecule has 2 unspecified atom stereocenters. The summed E-state index contributed by atoms with van der Waals surface area (Å²) < 4.78 is 5.47. The largest absolute Gasteiger partial charge is 0.365 e. The van der Waals surface area contributed by atoms with Gasteiger partial charge in [0.05, 0.1) is 6.10 Å². The Morgan fingerprint density at radius 3 is 2.94 bits per heavy atom. The molecule has 2 rings (SSSR count). The van der Waals surface area contributed by atoms with Gasteiger partial charge in [-0.25, -0.2) is 0 Å². The fourth-order valence-electron chi connectivity index (χ4n) is 1.91. The van der Waals surface area contributed by atoms with Crippen molar-refractivity contribution in [2.75, 3.05) is 5.32 Å². The molecule has 1 N–H and O–H groups in total. The van der Waals surface area contributed by atoms with E-state index in [9.17, 15) is 9.59 Å². The lowest BCUT2D eigenvalue weighted by molar-refractivity contribution is -0.126. The Bertz CT molecular complexity index is 430. The minimum atomic E-state index is -0.370. The summed E-state index contributed by atoms with van der Waals surface area (Å²) in [7, 11) is 0. The number of anilines is 1. The van der Waals surface area contributed by atoms with E-state index < -0.39 is 0 Å². The van der Waals surface area contributed by atoms with Crippen LogP contribution in [0.25, 0.3) is 0 Å². The molecule has 0 spiro atoms. The zero-order valence-corrected chi connectivity index (χ0v) is 9.68. The number of nitrogens with one attached hydrogen (secondary N) is 1. The van der Waals surface area contributed by atoms with E-state index in [1.165, 1.54) is 0 Å². The maximum atomic E-state index is 11.8. The number of carbonyl (C=O) groups is 2. The second-order valence-corrected chi connectivity index (χ2v) is 4.25. The summed E-state index contributed by atoms with van der Waals surface area (Å²) in [4.78, 5) is 22.4. The average molecular weight is 233 g/mol. The predicted octanol–water partition coefficient (Wildman–Crippen LogP) is 2.01.